The number of halogens is 2. The van der Waals surface area contributed by atoms with Gasteiger partial charge in [0, 0.05) is 32.4 Å². The Morgan fingerprint density at radius 2 is 2.06 bits per heavy atom. The second kappa shape index (κ2) is 9.90. The fraction of sp³-hybridized carbons (Fsp3) is 0.700. The van der Waals surface area contributed by atoms with E-state index >= 15 is 0 Å². The topological polar surface area (TPSA) is 33.1 Å². The van der Waals surface area contributed by atoms with E-state index in [1.807, 2.05) is 10.9 Å². The van der Waals surface area contributed by atoms with Gasteiger partial charge in [0.15, 0.2) is 0 Å². The summed E-state index contributed by atoms with van der Waals surface area (Å²) in [6, 6.07) is 2.06. The lowest BCUT2D eigenvalue weighted by molar-refractivity contribution is 0.398. The molecule has 0 saturated heterocycles. The van der Waals surface area contributed by atoms with Gasteiger partial charge in [-0.15, -0.1) is 24.8 Å². The van der Waals surface area contributed by atoms with Crippen LogP contribution in [0.1, 0.15) is 12.6 Å². The Morgan fingerprint density at radius 1 is 1.38 bits per heavy atom. The molecule has 0 saturated carbocycles. The number of likely N-dealkylation sites (N-methyl/N-ethyl adjacent to an activating group) is 1. The van der Waals surface area contributed by atoms with Crippen molar-refractivity contribution >= 4 is 24.8 Å². The van der Waals surface area contributed by atoms with Gasteiger partial charge in [0.05, 0.1) is 5.69 Å². The highest BCUT2D eigenvalue weighted by Gasteiger charge is 1.99. The van der Waals surface area contributed by atoms with Crippen molar-refractivity contribution in [1.29, 1.82) is 0 Å². The van der Waals surface area contributed by atoms with Crippen molar-refractivity contribution in [3.63, 3.8) is 0 Å². The molecule has 0 aliphatic heterocycles. The Balaban J connectivity index is 0. The highest BCUT2D eigenvalue weighted by atomic mass is 35.5. The predicted octanol–water partition coefficient (Wildman–Crippen LogP) is 1.40. The highest BCUT2D eigenvalue weighted by molar-refractivity contribution is 5.85. The second-order valence-electron chi connectivity index (χ2n) is 3.62. The van der Waals surface area contributed by atoms with E-state index in [9.17, 15) is 0 Å². The van der Waals surface area contributed by atoms with Crippen LogP contribution in [0.5, 0.6) is 0 Å². The van der Waals surface area contributed by atoms with Gasteiger partial charge in [-0.3, -0.25) is 4.68 Å². The van der Waals surface area contributed by atoms with Crippen LogP contribution < -0.4 is 5.32 Å². The summed E-state index contributed by atoms with van der Waals surface area (Å²) < 4.78 is 2.02. The maximum atomic E-state index is 4.21. The van der Waals surface area contributed by atoms with Gasteiger partial charge in [-0.1, -0.05) is 0 Å². The van der Waals surface area contributed by atoms with Crippen molar-refractivity contribution in [2.24, 2.45) is 0 Å². The second-order valence-corrected chi connectivity index (χ2v) is 3.62. The molecule has 4 nitrogen and oxygen atoms in total. The van der Waals surface area contributed by atoms with Gasteiger partial charge in [-0.2, -0.15) is 5.10 Å². The molecule has 96 valence electrons. The molecule has 0 atom stereocenters. The average molecular weight is 269 g/mol. The summed E-state index contributed by atoms with van der Waals surface area (Å²) in [7, 11) is 4.16. The normalized spacial score (nSPS) is 9.75. The molecule has 0 fully saturated rings. The van der Waals surface area contributed by atoms with Gasteiger partial charge in [0.2, 0.25) is 0 Å². The lowest BCUT2D eigenvalue weighted by Gasteiger charge is -2.10. The minimum Gasteiger partial charge on any atom is -0.310 e. The third-order valence-corrected chi connectivity index (χ3v) is 2.15. The smallest absolute Gasteiger partial charge is 0.0521 e. The molecule has 0 aliphatic carbocycles. The van der Waals surface area contributed by atoms with E-state index in [0.717, 1.165) is 26.2 Å². The van der Waals surface area contributed by atoms with Crippen molar-refractivity contribution in [3.05, 3.63) is 18.0 Å². The van der Waals surface area contributed by atoms with Crippen LogP contribution in [0.3, 0.4) is 0 Å². The summed E-state index contributed by atoms with van der Waals surface area (Å²) in [5, 5.41) is 7.61. The molecule has 1 rings (SSSR count). The van der Waals surface area contributed by atoms with E-state index in [-0.39, 0.29) is 24.8 Å². The van der Waals surface area contributed by atoms with Crippen LogP contribution in [-0.4, -0.2) is 41.9 Å². The molecule has 1 aromatic rings. The maximum Gasteiger partial charge on any atom is 0.0521 e. The third kappa shape index (κ3) is 6.33. The fourth-order valence-corrected chi connectivity index (χ4v) is 1.31. The number of aromatic nitrogens is 2. The van der Waals surface area contributed by atoms with E-state index in [1.54, 1.807) is 0 Å². The van der Waals surface area contributed by atoms with Crippen molar-refractivity contribution in [2.45, 2.75) is 20.0 Å². The first kappa shape index (κ1) is 18.1. The van der Waals surface area contributed by atoms with Crippen molar-refractivity contribution in [2.75, 3.05) is 27.2 Å². The first-order chi connectivity index (χ1) is 6.74. The lowest BCUT2D eigenvalue weighted by Crippen LogP contribution is -2.27. The monoisotopic (exact) mass is 268 g/mol. The molecular weight excluding hydrogens is 247 g/mol. The van der Waals surface area contributed by atoms with E-state index in [0.29, 0.717) is 0 Å². The van der Waals surface area contributed by atoms with Crippen molar-refractivity contribution in [3.8, 4) is 0 Å². The Bertz CT molecular complexity index is 263. The Labute approximate surface area is 110 Å². The first-order valence-electron chi connectivity index (χ1n) is 5.10. The fourth-order valence-electron chi connectivity index (χ4n) is 1.31. The van der Waals surface area contributed by atoms with Gasteiger partial charge in [-0.05, 0) is 27.1 Å². The first-order valence-corrected chi connectivity index (χ1v) is 5.10. The molecule has 0 amide bonds. The molecule has 6 heteroatoms. The number of hydrogen-bond donors (Lipinski definition) is 1. The van der Waals surface area contributed by atoms with Crippen molar-refractivity contribution in [1.82, 2.24) is 20.0 Å². The molecular formula is C10H22Cl2N4. The van der Waals surface area contributed by atoms with Crippen molar-refractivity contribution < 1.29 is 0 Å². The van der Waals surface area contributed by atoms with Gasteiger partial charge in [0.25, 0.3) is 0 Å². The molecule has 1 aromatic heterocycles. The van der Waals surface area contributed by atoms with E-state index < -0.39 is 0 Å². The standard InChI is InChI=1S/C10H20N4.2ClH/c1-4-14-10(5-6-12-14)9-11-7-8-13(2)3;;/h5-6,11H,4,7-9H2,1-3H3;2*1H. The summed E-state index contributed by atoms with van der Waals surface area (Å²) >= 11 is 0. The summed E-state index contributed by atoms with van der Waals surface area (Å²) in [6.07, 6.45) is 1.85. The predicted molar refractivity (Wildman–Crippen MR) is 72.7 cm³/mol. The molecule has 0 bridgehead atoms. The number of nitrogens with zero attached hydrogens (tertiary/aromatic N) is 3. The zero-order chi connectivity index (χ0) is 10.4. The van der Waals surface area contributed by atoms with Crippen LogP contribution in [0.15, 0.2) is 12.3 Å². The van der Waals surface area contributed by atoms with Crippen LogP contribution >= 0.6 is 24.8 Å². The van der Waals surface area contributed by atoms with E-state index in [2.05, 4.69) is 42.4 Å². The molecule has 1 heterocycles. The summed E-state index contributed by atoms with van der Waals surface area (Å²) in [5.41, 5.74) is 1.26. The van der Waals surface area contributed by atoms with Crippen LogP contribution in [0, 0.1) is 0 Å². The number of aryl methyl sites for hydroxylation is 1. The minimum atomic E-state index is 0. The Morgan fingerprint density at radius 3 is 2.62 bits per heavy atom. The SMILES string of the molecule is CCn1nccc1CNCCN(C)C.Cl.Cl. The van der Waals surface area contributed by atoms with Gasteiger partial charge in [-0.25, -0.2) is 0 Å². The van der Waals surface area contributed by atoms with Crippen LogP contribution in [-0.2, 0) is 13.1 Å². The number of hydrogen-bond acceptors (Lipinski definition) is 3. The number of rotatable bonds is 6. The summed E-state index contributed by atoms with van der Waals surface area (Å²) in [5.74, 6) is 0. The van der Waals surface area contributed by atoms with Crippen LogP contribution in [0.2, 0.25) is 0 Å². The minimum absolute atomic E-state index is 0. The molecule has 1 N–H and O–H groups in total. The van der Waals surface area contributed by atoms with Gasteiger partial charge < -0.3 is 10.2 Å². The van der Waals surface area contributed by atoms with Gasteiger partial charge >= 0.3 is 0 Å². The average Bonchev–Trinajstić information content (AvgIpc) is 2.59. The maximum absolute atomic E-state index is 4.21. The zero-order valence-electron chi connectivity index (χ0n) is 10.1. The highest BCUT2D eigenvalue weighted by Crippen LogP contribution is 1.97. The molecule has 0 spiro atoms. The third-order valence-electron chi connectivity index (χ3n) is 2.15. The largest absolute Gasteiger partial charge is 0.310 e. The van der Waals surface area contributed by atoms with E-state index in [4.69, 9.17) is 0 Å². The Hall–Kier alpha value is -0.290. The lowest BCUT2D eigenvalue weighted by atomic mass is 10.4. The zero-order valence-corrected chi connectivity index (χ0v) is 11.8. The molecule has 0 aromatic carbocycles. The summed E-state index contributed by atoms with van der Waals surface area (Å²) in [6.45, 7) is 6.04. The van der Waals surface area contributed by atoms with Gasteiger partial charge in [0.1, 0.15) is 0 Å². The summed E-state index contributed by atoms with van der Waals surface area (Å²) in [4.78, 5) is 2.17. The molecule has 0 radical (unpaired) electrons. The molecule has 16 heavy (non-hydrogen) atoms. The molecule has 0 unspecified atom stereocenters. The quantitative estimate of drug-likeness (QED) is 0.792. The van der Waals surface area contributed by atoms with Crippen LogP contribution in [0.4, 0.5) is 0 Å². The van der Waals surface area contributed by atoms with Crippen LogP contribution in [0.25, 0.3) is 0 Å². The van der Waals surface area contributed by atoms with E-state index in [1.165, 1.54) is 5.69 Å². The Kier molecular flexibility index (Phi) is 11.2. The molecule has 0 aliphatic rings. The number of nitrogens with one attached hydrogen (secondary N) is 1.